The molecule has 2 N–H and O–H groups in total. The molecule has 0 bridgehead atoms. The number of nitrogens with one attached hydrogen (secondary N) is 2. The van der Waals surface area contributed by atoms with E-state index in [2.05, 4.69) is 15.6 Å². The molecule has 0 unspecified atom stereocenters. The van der Waals surface area contributed by atoms with Crippen LogP contribution in [0.4, 0.5) is 5.82 Å². The summed E-state index contributed by atoms with van der Waals surface area (Å²) in [7, 11) is 1.61. The zero-order valence-corrected chi connectivity index (χ0v) is 9.30. The number of ether oxygens (including phenoxy) is 1. The zero-order chi connectivity index (χ0) is 10.7. The number of hydrogen-bond donors (Lipinski definition) is 2. The molecule has 0 amide bonds. The summed E-state index contributed by atoms with van der Waals surface area (Å²) in [6, 6.07) is 4.23. The lowest BCUT2D eigenvalue weighted by Gasteiger charge is -2.08. The quantitative estimate of drug-likeness (QED) is 0.761. The smallest absolute Gasteiger partial charge is 0.172 e. The molecule has 1 saturated carbocycles. The monoisotopic (exact) mass is 223 g/mol. The van der Waals surface area contributed by atoms with E-state index in [1.54, 1.807) is 13.3 Å². The third-order valence-corrected chi connectivity index (χ3v) is 2.35. The lowest BCUT2D eigenvalue weighted by molar-refractivity contribution is 0.413. The highest BCUT2D eigenvalue weighted by Gasteiger charge is 2.21. The van der Waals surface area contributed by atoms with Crippen molar-refractivity contribution < 1.29 is 4.74 Å². The Morgan fingerprint density at radius 1 is 1.53 bits per heavy atom. The highest BCUT2D eigenvalue weighted by atomic mass is 32.1. The molecule has 80 valence electrons. The van der Waals surface area contributed by atoms with Crippen molar-refractivity contribution in [3.05, 3.63) is 18.3 Å². The Hall–Kier alpha value is -1.36. The summed E-state index contributed by atoms with van der Waals surface area (Å²) in [5, 5.41) is 6.83. The maximum absolute atomic E-state index is 5.12. The van der Waals surface area contributed by atoms with Gasteiger partial charge in [-0.15, -0.1) is 0 Å². The fourth-order valence-electron chi connectivity index (χ4n) is 1.14. The van der Waals surface area contributed by atoms with E-state index < -0.39 is 0 Å². The summed E-state index contributed by atoms with van der Waals surface area (Å²) in [4.78, 5) is 4.15. The van der Waals surface area contributed by atoms with Gasteiger partial charge in [-0.2, -0.15) is 0 Å². The summed E-state index contributed by atoms with van der Waals surface area (Å²) in [5.74, 6) is 1.47. The van der Waals surface area contributed by atoms with E-state index >= 15 is 0 Å². The van der Waals surface area contributed by atoms with Crippen LogP contribution in [0.3, 0.4) is 0 Å². The van der Waals surface area contributed by atoms with Crippen molar-refractivity contribution in [1.29, 1.82) is 0 Å². The van der Waals surface area contributed by atoms with Crippen LogP contribution in [0.25, 0.3) is 0 Å². The van der Waals surface area contributed by atoms with E-state index in [1.165, 1.54) is 12.8 Å². The van der Waals surface area contributed by atoms with Crippen molar-refractivity contribution in [2.45, 2.75) is 18.9 Å². The number of thiocarbonyl (C=S) groups is 1. The Bertz CT molecular complexity index is 348. The number of nitrogens with zero attached hydrogens (tertiary/aromatic N) is 1. The molecular formula is C10H13N3OS. The van der Waals surface area contributed by atoms with Gasteiger partial charge in [-0.05, 0) is 37.2 Å². The van der Waals surface area contributed by atoms with Crippen molar-refractivity contribution >= 4 is 23.1 Å². The normalized spacial score (nSPS) is 14.5. The summed E-state index contributed by atoms with van der Waals surface area (Å²) < 4.78 is 5.01. The van der Waals surface area contributed by atoms with Crippen LogP contribution >= 0.6 is 12.2 Å². The first kappa shape index (κ1) is 10.2. The first-order valence-corrected chi connectivity index (χ1v) is 5.26. The Morgan fingerprint density at radius 2 is 2.33 bits per heavy atom. The molecule has 1 aliphatic carbocycles. The minimum atomic E-state index is 0.559. The van der Waals surface area contributed by atoms with Crippen LogP contribution in [0.2, 0.25) is 0 Å². The third kappa shape index (κ3) is 3.06. The van der Waals surface area contributed by atoms with Crippen LogP contribution in [0.1, 0.15) is 12.8 Å². The van der Waals surface area contributed by atoms with Crippen molar-refractivity contribution in [1.82, 2.24) is 10.3 Å². The van der Waals surface area contributed by atoms with E-state index in [0.29, 0.717) is 11.2 Å². The number of anilines is 1. The number of methoxy groups -OCH3 is 1. The van der Waals surface area contributed by atoms with Gasteiger partial charge < -0.3 is 15.4 Å². The van der Waals surface area contributed by atoms with Crippen LogP contribution in [0.15, 0.2) is 18.3 Å². The second-order valence-electron chi connectivity index (χ2n) is 3.46. The minimum Gasteiger partial charge on any atom is -0.495 e. The van der Waals surface area contributed by atoms with E-state index in [1.807, 2.05) is 12.1 Å². The number of rotatable bonds is 3. The van der Waals surface area contributed by atoms with Gasteiger partial charge in [-0.25, -0.2) is 4.98 Å². The fourth-order valence-corrected chi connectivity index (χ4v) is 1.41. The maximum atomic E-state index is 5.12. The summed E-state index contributed by atoms with van der Waals surface area (Å²) in [5.41, 5.74) is 0. The lowest BCUT2D eigenvalue weighted by Crippen LogP contribution is -2.30. The molecule has 15 heavy (non-hydrogen) atoms. The van der Waals surface area contributed by atoms with Crippen LogP contribution < -0.4 is 15.4 Å². The molecule has 0 aromatic carbocycles. The number of pyridine rings is 1. The average Bonchev–Trinajstić information content (AvgIpc) is 3.03. The molecule has 0 radical (unpaired) electrons. The third-order valence-electron chi connectivity index (χ3n) is 2.13. The van der Waals surface area contributed by atoms with Gasteiger partial charge in [0.25, 0.3) is 0 Å². The molecule has 0 atom stereocenters. The van der Waals surface area contributed by atoms with E-state index in [0.717, 1.165) is 11.6 Å². The van der Waals surface area contributed by atoms with Crippen LogP contribution in [-0.2, 0) is 0 Å². The molecule has 1 aromatic rings. The van der Waals surface area contributed by atoms with Gasteiger partial charge in [-0.1, -0.05) is 0 Å². The molecule has 1 aromatic heterocycles. The van der Waals surface area contributed by atoms with Gasteiger partial charge in [0.15, 0.2) is 5.11 Å². The van der Waals surface area contributed by atoms with Crippen LogP contribution in [0.5, 0.6) is 5.75 Å². The molecule has 2 rings (SSSR count). The van der Waals surface area contributed by atoms with Gasteiger partial charge in [-0.3, -0.25) is 0 Å². The molecule has 0 aliphatic heterocycles. The molecule has 1 heterocycles. The van der Waals surface area contributed by atoms with Gasteiger partial charge in [0, 0.05) is 6.04 Å². The molecule has 1 aliphatic rings. The Labute approximate surface area is 94.0 Å². The van der Waals surface area contributed by atoms with E-state index in [9.17, 15) is 0 Å². The molecule has 4 nitrogen and oxygen atoms in total. The van der Waals surface area contributed by atoms with Crippen molar-refractivity contribution in [2.75, 3.05) is 12.4 Å². The first-order valence-electron chi connectivity index (χ1n) is 4.85. The molecular weight excluding hydrogens is 210 g/mol. The Kier molecular flexibility index (Phi) is 3.01. The summed E-state index contributed by atoms with van der Waals surface area (Å²) in [6.07, 6.45) is 4.07. The predicted octanol–water partition coefficient (Wildman–Crippen LogP) is 1.54. The number of aromatic nitrogens is 1. The SMILES string of the molecule is COc1ccc(NC(=S)NC2CC2)nc1. The maximum Gasteiger partial charge on any atom is 0.172 e. The van der Waals surface area contributed by atoms with E-state index in [4.69, 9.17) is 17.0 Å². The highest BCUT2D eigenvalue weighted by molar-refractivity contribution is 7.80. The second-order valence-corrected chi connectivity index (χ2v) is 3.86. The van der Waals surface area contributed by atoms with Gasteiger partial charge in [0.1, 0.15) is 11.6 Å². The van der Waals surface area contributed by atoms with Crippen molar-refractivity contribution in [3.63, 3.8) is 0 Å². The van der Waals surface area contributed by atoms with Gasteiger partial charge in [0.05, 0.1) is 13.3 Å². The zero-order valence-electron chi connectivity index (χ0n) is 8.49. The minimum absolute atomic E-state index is 0.559. The average molecular weight is 223 g/mol. The van der Waals surface area contributed by atoms with E-state index in [-0.39, 0.29) is 0 Å². The van der Waals surface area contributed by atoms with Crippen molar-refractivity contribution in [2.24, 2.45) is 0 Å². The Balaban J connectivity index is 1.88. The van der Waals surface area contributed by atoms with Crippen molar-refractivity contribution in [3.8, 4) is 5.75 Å². The second kappa shape index (κ2) is 4.44. The fraction of sp³-hybridized carbons (Fsp3) is 0.400. The van der Waals surface area contributed by atoms with Gasteiger partial charge in [0.2, 0.25) is 0 Å². The molecule has 0 spiro atoms. The molecule has 5 heteroatoms. The molecule has 1 fully saturated rings. The largest absolute Gasteiger partial charge is 0.495 e. The Morgan fingerprint density at radius 3 is 2.87 bits per heavy atom. The predicted molar refractivity (Wildman–Crippen MR) is 63.2 cm³/mol. The van der Waals surface area contributed by atoms with Gasteiger partial charge >= 0.3 is 0 Å². The topological polar surface area (TPSA) is 46.2 Å². The summed E-state index contributed by atoms with van der Waals surface area (Å²) >= 11 is 5.12. The lowest BCUT2D eigenvalue weighted by atomic mass is 10.4. The number of hydrogen-bond acceptors (Lipinski definition) is 3. The van der Waals surface area contributed by atoms with Crippen LogP contribution in [0, 0.1) is 0 Å². The molecule has 0 saturated heterocycles. The summed E-state index contributed by atoms with van der Waals surface area (Å²) in [6.45, 7) is 0. The highest BCUT2D eigenvalue weighted by Crippen LogP contribution is 2.18. The first-order chi connectivity index (χ1) is 7.28. The van der Waals surface area contributed by atoms with Crippen LogP contribution in [-0.4, -0.2) is 23.2 Å². The standard InChI is InChI=1S/C10H13N3OS/c1-14-8-4-5-9(11-6-8)13-10(15)12-7-2-3-7/h4-7H,2-3H2,1H3,(H2,11,12,13,15).